The minimum Gasteiger partial charge on any atom is -0.465 e. The number of nitrogens with one attached hydrogen (secondary N) is 1. The predicted molar refractivity (Wildman–Crippen MR) is 78.2 cm³/mol. The van der Waals surface area contributed by atoms with Crippen molar-refractivity contribution in [2.24, 2.45) is 0 Å². The van der Waals surface area contributed by atoms with E-state index in [9.17, 15) is 4.79 Å². The lowest BCUT2D eigenvalue weighted by molar-refractivity contribution is -0.152. The Morgan fingerprint density at radius 1 is 1.26 bits per heavy atom. The average Bonchev–Trinajstić information content (AvgIpc) is 2.28. The minimum atomic E-state index is -0.671. The Kier molecular flexibility index (Phi) is 9.02. The highest BCUT2D eigenvalue weighted by molar-refractivity contribution is 5.80. The Labute approximate surface area is 118 Å². The zero-order valence-electron chi connectivity index (χ0n) is 13.4. The fourth-order valence-corrected chi connectivity index (χ4v) is 2.11. The van der Waals surface area contributed by atoms with Crippen LogP contribution in [-0.2, 0) is 14.3 Å². The van der Waals surface area contributed by atoms with Crippen LogP contribution in [0.3, 0.4) is 0 Å². The first-order valence-electron chi connectivity index (χ1n) is 7.42. The molecule has 19 heavy (non-hydrogen) atoms. The van der Waals surface area contributed by atoms with E-state index >= 15 is 0 Å². The molecule has 0 saturated heterocycles. The van der Waals surface area contributed by atoms with Crippen molar-refractivity contribution in [3.63, 3.8) is 0 Å². The molecule has 0 heterocycles. The highest BCUT2D eigenvalue weighted by Gasteiger charge is 2.34. The van der Waals surface area contributed by atoms with Crippen molar-refractivity contribution in [2.75, 3.05) is 13.2 Å². The van der Waals surface area contributed by atoms with Gasteiger partial charge in [0.25, 0.3) is 0 Å². The van der Waals surface area contributed by atoms with Gasteiger partial charge in [-0.05, 0) is 47.5 Å². The fourth-order valence-electron chi connectivity index (χ4n) is 2.11. The van der Waals surface area contributed by atoms with E-state index in [-0.39, 0.29) is 18.1 Å². The van der Waals surface area contributed by atoms with E-state index < -0.39 is 5.54 Å². The molecule has 114 valence electrons. The molecule has 0 aromatic heterocycles. The molecule has 4 nitrogen and oxygen atoms in total. The van der Waals surface area contributed by atoms with E-state index in [4.69, 9.17) is 9.47 Å². The van der Waals surface area contributed by atoms with Crippen LogP contribution in [-0.4, -0.2) is 36.9 Å². The molecule has 0 fully saturated rings. The average molecular weight is 273 g/mol. The normalized spacial score (nSPS) is 16.2. The molecule has 1 N–H and O–H groups in total. The molecule has 0 aliphatic carbocycles. The summed E-state index contributed by atoms with van der Waals surface area (Å²) in [5.41, 5.74) is -0.671. The summed E-state index contributed by atoms with van der Waals surface area (Å²) < 4.78 is 10.9. The standard InChI is InChI=1S/C15H31NO3/c1-7-9-13(5)19-11-10-15(6,16-12(3)4)14(17)18-8-2/h12-13,16H,7-11H2,1-6H3. The number of hydrogen-bond acceptors (Lipinski definition) is 4. The van der Waals surface area contributed by atoms with Crippen LogP contribution in [0.1, 0.15) is 60.8 Å². The van der Waals surface area contributed by atoms with E-state index in [1.165, 1.54) is 0 Å². The maximum absolute atomic E-state index is 12.1. The predicted octanol–water partition coefficient (Wildman–Crippen LogP) is 2.90. The number of ether oxygens (including phenoxy) is 2. The Morgan fingerprint density at radius 3 is 2.37 bits per heavy atom. The molecule has 2 unspecified atom stereocenters. The van der Waals surface area contributed by atoms with Crippen LogP contribution >= 0.6 is 0 Å². The summed E-state index contributed by atoms with van der Waals surface area (Å²) in [6, 6.07) is 0.225. The number of esters is 1. The van der Waals surface area contributed by atoms with E-state index in [0.29, 0.717) is 19.6 Å². The second kappa shape index (κ2) is 9.32. The van der Waals surface area contributed by atoms with Crippen molar-refractivity contribution in [1.82, 2.24) is 5.32 Å². The number of carbonyl (C=O) groups is 1. The van der Waals surface area contributed by atoms with Gasteiger partial charge in [0.1, 0.15) is 5.54 Å². The molecule has 0 aromatic carbocycles. The first-order chi connectivity index (χ1) is 8.85. The summed E-state index contributed by atoms with van der Waals surface area (Å²) in [7, 11) is 0. The van der Waals surface area contributed by atoms with E-state index in [1.54, 1.807) is 0 Å². The largest absolute Gasteiger partial charge is 0.465 e. The molecule has 0 radical (unpaired) electrons. The third kappa shape index (κ3) is 7.53. The van der Waals surface area contributed by atoms with Crippen LogP contribution in [0, 0.1) is 0 Å². The summed E-state index contributed by atoms with van der Waals surface area (Å²) >= 11 is 0. The first kappa shape index (κ1) is 18.4. The number of hydrogen-bond donors (Lipinski definition) is 1. The number of rotatable bonds is 10. The van der Waals surface area contributed by atoms with E-state index in [2.05, 4.69) is 19.2 Å². The lowest BCUT2D eigenvalue weighted by Crippen LogP contribution is -2.54. The van der Waals surface area contributed by atoms with Gasteiger partial charge in [-0.15, -0.1) is 0 Å². The highest BCUT2D eigenvalue weighted by atomic mass is 16.5. The second-order valence-corrected chi connectivity index (χ2v) is 5.57. The Morgan fingerprint density at radius 2 is 1.89 bits per heavy atom. The quantitative estimate of drug-likeness (QED) is 0.622. The molecule has 4 heteroatoms. The summed E-state index contributed by atoms with van der Waals surface area (Å²) in [6.45, 7) is 12.9. The van der Waals surface area contributed by atoms with Gasteiger partial charge in [0, 0.05) is 12.6 Å². The maximum Gasteiger partial charge on any atom is 0.326 e. The molecule has 0 bridgehead atoms. The van der Waals surface area contributed by atoms with Gasteiger partial charge in [0.15, 0.2) is 0 Å². The van der Waals surface area contributed by atoms with Crippen LogP contribution in [0.4, 0.5) is 0 Å². The lowest BCUT2D eigenvalue weighted by Gasteiger charge is -2.31. The zero-order valence-corrected chi connectivity index (χ0v) is 13.4. The van der Waals surface area contributed by atoms with Crippen LogP contribution in [0.2, 0.25) is 0 Å². The molecule has 0 rings (SSSR count). The molecule has 0 amide bonds. The Bertz CT molecular complexity index is 256. The maximum atomic E-state index is 12.1. The minimum absolute atomic E-state index is 0.199. The summed E-state index contributed by atoms with van der Waals surface area (Å²) in [5.74, 6) is -0.199. The van der Waals surface area contributed by atoms with Gasteiger partial charge in [-0.25, -0.2) is 0 Å². The van der Waals surface area contributed by atoms with Gasteiger partial charge in [-0.3, -0.25) is 10.1 Å². The summed E-state index contributed by atoms with van der Waals surface area (Å²) in [4.78, 5) is 12.1. The van der Waals surface area contributed by atoms with Crippen molar-refractivity contribution in [3.05, 3.63) is 0 Å². The molecule has 0 spiro atoms. The van der Waals surface area contributed by atoms with Gasteiger partial charge >= 0.3 is 5.97 Å². The summed E-state index contributed by atoms with van der Waals surface area (Å²) in [6.07, 6.45) is 3.03. The van der Waals surface area contributed by atoms with Gasteiger partial charge in [0.2, 0.25) is 0 Å². The third-order valence-electron chi connectivity index (χ3n) is 3.03. The Hall–Kier alpha value is -0.610. The topological polar surface area (TPSA) is 47.6 Å². The van der Waals surface area contributed by atoms with Crippen molar-refractivity contribution < 1.29 is 14.3 Å². The first-order valence-corrected chi connectivity index (χ1v) is 7.42. The monoisotopic (exact) mass is 273 g/mol. The third-order valence-corrected chi connectivity index (χ3v) is 3.03. The smallest absolute Gasteiger partial charge is 0.326 e. The molecule has 2 atom stereocenters. The van der Waals surface area contributed by atoms with Crippen molar-refractivity contribution in [2.45, 2.75) is 78.5 Å². The van der Waals surface area contributed by atoms with E-state index in [0.717, 1.165) is 12.8 Å². The SMILES string of the molecule is CCCC(C)OCCC(C)(NC(C)C)C(=O)OCC. The van der Waals surface area contributed by atoms with Gasteiger partial charge in [-0.1, -0.05) is 13.3 Å². The molecule has 0 aromatic rings. The van der Waals surface area contributed by atoms with Crippen LogP contribution < -0.4 is 5.32 Å². The van der Waals surface area contributed by atoms with Gasteiger partial charge in [-0.2, -0.15) is 0 Å². The second-order valence-electron chi connectivity index (χ2n) is 5.57. The number of carbonyl (C=O) groups excluding carboxylic acids is 1. The molecule has 0 saturated carbocycles. The van der Waals surface area contributed by atoms with Crippen LogP contribution in [0.25, 0.3) is 0 Å². The molecule has 0 aliphatic heterocycles. The van der Waals surface area contributed by atoms with E-state index in [1.807, 2.05) is 27.7 Å². The fraction of sp³-hybridized carbons (Fsp3) is 0.933. The van der Waals surface area contributed by atoms with Crippen LogP contribution in [0.5, 0.6) is 0 Å². The van der Waals surface area contributed by atoms with Gasteiger partial charge in [0.05, 0.1) is 12.7 Å². The van der Waals surface area contributed by atoms with Crippen molar-refractivity contribution >= 4 is 5.97 Å². The molecular formula is C15H31NO3. The van der Waals surface area contributed by atoms with Crippen molar-refractivity contribution in [1.29, 1.82) is 0 Å². The van der Waals surface area contributed by atoms with Crippen LogP contribution in [0.15, 0.2) is 0 Å². The zero-order chi connectivity index (χ0) is 14.9. The highest BCUT2D eigenvalue weighted by Crippen LogP contribution is 2.15. The molecule has 0 aliphatic rings. The molecular weight excluding hydrogens is 242 g/mol. The van der Waals surface area contributed by atoms with Gasteiger partial charge < -0.3 is 9.47 Å². The lowest BCUT2D eigenvalue weighted by atomic mass is 9.97. The Balaban J connectivity index is 4.38. The summed E-state index contributed by atoms with van der Waals surface area (Å²) in [5, 5.41) is 3.29. The van der Waals surface area contributed by atoms with Crippen molar-refractivity contribution in [3.8, 4) is 0 Å².